The maximum atomic E-state index is 11.7. The molecule has 0 saturated heterocycles. The number of nitrogens with zero attached hydrogens (tertiary/aromatic N) is 1. The maximum absolute atomic E-state index is 11.7. The molecule has 4 heteroatoms. The fraction of sp³-hybridized carbons (Fsp3) is 0.467. The third-order valence-corrected chi connectivity index (χ3v) is 3.73. The number of carbonyl (C=O) groups excluding carboxylic acids is 1. The molecule has 1 aliphatic rings. The van der Waals surface area contributed by atoms with Crippen molar-refractivity contribution in [3.05, 3.63) is 29.3 Å². The first-order valence-corrected chi connectivity index (χ1v) is 6.65. The summed E-state index contributed by atoms with van der Waals surface area (Å²) in [6.07, 6.45) is 1.76. The second kappa shape index (κ2) is 5.43. The molecule has 0 spiro atoms. The molecule has 1 amide bonds. The Morgan fingerprint density at radius 1 is 1.42 bits per heavy atom. The monoisotopic (exact) mass is 261 g/mol. The molecule has 2 rings (SSSR count). The summed E-state index contributed by atoms with van der Waals surface area (Å²) in [6, 6.07) is 6.01. The summed E-state index contributed by atoms with van der Waals surface area (Å²) in [7, 11) is 0. The highest BCUT2D eigenvalue weighted by molar-refractivity contribution is 5.93. The van der Waals surface area contributed by atoms with Crippen molar-refractivity contribution in [2.75, 3.05) is 11.4 Å². The van der Waals surface area contributed by atoms with Gasteiger partial charge in [-0.05, 0) is 36.0 Å². The van der Waals surface area contributed by atoms with Crippen molar-refractivity contribution < 1.29 is 14.7 Å². The van der Waals surface area contributed by atoms with Crippen LogP contribution in [0.5, 0.6) is 0 Å². The molecule has 0 aromatic heterocycles. The van der Waals surface area contributed by atoms with Gasteiger partial charge < -0.3 is 10.0 Å². The lowest BCUT2D eigenvalue weighted by Crippen LogP contribution is -2.35. The molecule has 1 unspecified atom stereocenters. The van der Waals surface area contributed by atoms with E-state index >= 15 is 0 Å². The number of aryl methyl sites for hydroxylation is 1. The summed E-state index contributed by atoms with van der Waals surface area (Å²) in [5.41, 5.74) is 3.06. The van der Waals surface area contributed by atoms with Crippen LogP contribution in [0.2, 0.25) is 0 Å². The number of benzene rings is 1. The van der Waals surface area contributed by atoms with Gasteiger partial charge in [-0.2, -0.15) is 0 Å². The minimum Gasteiger partial charge on any atom is -0.481 e. The van der Waals surface area contributed by atoms with Gasteiger partial charge in [0.2, 0.25) is 5.91 Å². The molecule has 19 heavy (non-hydrogen) atoms. The molecule has 0 saturated carbocycles. The Morgan fingerprint density at radius 2 is 2.16 bits per heavy atom. The standard InChI is InChI=1S/C15H19NO3/c1-3-11-4-5-14-13(8-11)12(9-15(18)19)6-7-16(14)10(2)17/h4-5,8,12H,3,6-7,9H2,1-2H3,(H,18,19). The van der Waals surface area contributed by atoms with Crippen molar-refractivity contribution in [3.63, 3.8) is 0 Å². The minimum absolute atomic E-state index is 0.00889. The summed E-state index contributed by atoms with van der Waals surface area (Å²) in [4.78, 5) is 24.4. The van der Waals surface area contributed by atoms with E-state index in [1.807, 2.05) is 12.1 Å². The molecular formula is C15H19NO3. The third-order valence-electron chi connectivity index (χ3n) is 3.73. The van der Waals surface area contributed by atoms with E-state index < -0.39 is 5.97 Å². The Morgan fingerprint density at radius 3 is 2.74 bits per heavy atom. The molecule has 1 heterocycles. The summed E-state index contributed by atoms with van der Waals surface area (Å²) < 4.78 is 0. The van der Waals surface area contributed by atoms with E-state index in [0.29, 0.717) is 13.0 Å². The first-order valence-electron chi connectivity index (χ1n) is 6.65. The fourth-order valence-electron chi connectivity index (χ4n) is 2.71. The maximum Gasteiger partial charge on any atom is 0.303 e. The molecule has 0 bridgehead atoms. The lowest BCUT2D eigenvalue weighted by Gasteiger charge is -2.33. The van der Waals surface area contributed by atoms with Crippen LogP contribution >= 0.6 is 0 Å². The van der Waals surface area contributed by atoms with Gasteiger partial charge in [-0.1, -0.05) is 19.1 Å². The molecule has 102 valence electrons. The van der Waals surface area contributed by atoms with Gasteiger partial charge in [0.1, 0.15) is 0 Å². The van der Waals surface area contributed by atoms with E-state index in [0.717, 1.165) is 17.7 Å². The molecule has 0 aliphatic carbocycles. The van der Waals surface area contributed by atoms with Crippen LogP contribution in [0.25, 0.3) is 0 Å². The second-order valence-electron chi connectivity index (χ2n) is 5.00. The number of carboxylic acids is 1. The number of hydrogen-bond acceptors (Lipinski definition) is 2. The van der Waals surface area contributed by atoms with E-state index in [1.54, 1.807) is 11.8 Å². The van der Waals surface area contributed by atoms with Crippen LogP contribution in [-0.4, -0.2) is 23.5 Å². The summed E-state index contributed by atoms with van der Waals surface area (Å²) in [5, 5.41) is 9.01. The Balaban J connectivity index is 2.43. The zero-order valence-corrected chi connectivity index (χ0v) is 11.3. The number of anilines is 1. The first-order chi connectivity index (χ1) is 9.02. The van der Waals surface area contributed by atoms with Gasteiger partial charge in [0.25, 0.3) is 0 Å². The molecule has 0 radical (unpaired) electrons. The summed E-state index contributed by atoms with van der Waals surface area (Å²) in [5.74, 6) is -0.761. The van der Waals surface area contributed by atoms with Crippen LogP contribution < -0.4 is 4.90 Å². The van der Waals surface area contributed by atoms with Crippen LogP contribution in [0.4, 0.5) is 5.69 Å². The van der Waals surface area contributed by atoms with Crippen molar-refractivity contribution in [2.45, 2.75) is 39.0 Å². The van der Waals surface area contributed by atoms with E-state index in [-0.39, 0.29) is 18.2 Å². The van der Waals surface area contributed by atoms with Gasteiger partial charge in [-0.25, -0.2) is 0 Å². The minimum atomic E-state index is -0.783. The van der Waals surface area contributed by atoms with Crippen LogP contribution in [0.3, 0.4) is 0 Å². The lowest BCUT2D eigenvalue weighted by atomic mass is 9.86. The zero-order chi connectivity index (χ0) is 14.0. The van der Waals surface area contributed by atoms with Crippen molar-refractivity contribution in [2.24, 2.45) is 0 Å². The predicted molar refractivity (Wildman–Crippen MR) is 73.5 cm³/mol. The predicted octanol–water partition coefficient (Wildman–Crippen LogP) is 2.56. The molecule has 4 nitrogen and oxygen atoms in total. The van der Waals surface area contributed by atoms with Crippen molar-refractivity contribution in [1.29, 1.82) is 0 Å². The Labute approximate surface area is 113 Å². The van der Waals surface area contributed by atoms with E-state index in [2.05, 4.69) is 13.0 Å². The number of aliphatic carboxylic acids is 1. The average molecular weight is 261 g/mol. The summed E-state index contributed by atoms with van der Waals surface area (Å²) in [6.45, 7) is 4.22. The largest absolute Gasteiger partial charge is 0.481 e. The van der Waals surface area contributed by atoms with E-state index in [9.17, 15) is 9.59 Å². The Bertz CT molecular complexity index is 510. The van der Waals surface area contributed by atoms with Gasteiger partial charge in [-0.3, -0.25) is 9.59 Å². The van der Waals surface area contributed by atoms with Gasteiger partial charge in [0.15, 0.2) is 0 Å². The van der Waals surface area contributed by atoms with Crippen molar-refractivity contribution in [1.82, 2.24) is 0 Å². The molecular weight excluding hydrogens is 242 g/mol. The van der Waals surface area contributed by atoms with Crippen LogP contribution in [0.1, 0.15) is 43.7 Å². The molecule has 1 aromatic carbocycles. The number of amides is 1. The lowest BCUT2D eigenvalue weighted by molar-refractivity contribution is -0.137. The number of hydrogen-bond donors (Lipinski definition) is 1. The second-order valence-corrected chi connectivity index (χ2v) is 5.00. The first kappa shape index (κ1) is 13.6. The highest BCUT2D eigenvalue weighted by Crippen LogP contribution is 2.38. The highest BCUT2D eigenvalue weighted by atomic mass is 16.4. The van der Waals surface area contributed by atoms with Crippen LogP contribution in [0, 0.1) is 0 Å². The van der Waals surface area contributed by atoms with Crippen LogP contribution in [-0.2, 0) is 16.0 Å². The molecule has 1 N–H and O–H groups in total. The van der Waals surface area contributed by atoms with Gasteiger partial charge in [-0.15, -0.1) is 0 Å². The Hall–Kier alpha value is -1.84. The van der Waals surface area contributed by atoms with Crippen molar-refractivity contribution >= 4 is 17.6 Å². The quantitative estimate of drug-likeness (QED) is 0.909. The fourth-order valence-corrected chi connectivity index (χ4v) is 2.71. The molecule has 1 aromatic rings. The van der Waals surface area contributed by atoms with Gasteiger partial charge in [0.05, 0.1) is 6.42 Å². The number of rotatable bonds is 3. The number of carbonyl (C=O) groups is 2. The van der Waals surface area contributed by atoms with E-state index in [1.165, 1.54) is 5.56 Å². The smallest absolute Gasteiger partial charge is 0.303 e. The normalized spacial score (nSPS) is 18.0. The number of fused-ring (bicyclic) bond motifs is 1. The molecule has 0 fully saturated rings. The molecule has 1 aliphatic heterocycles. The van der Waals surface area contributed by atoms with E-state index in [4.69, 9.17) is 5.11 Å². The SMILES string of the molecule is CCc1ccc2c(c1)C(CC(=O)O)CCN2C(C)=O. The number of carboxylic acid groups (broad SMARTS) is 1. The summed E-state index contributed by atoms with van der Waals surface area (Å²) >= 11 is 0. The zero-order valence-electron chi connectivity index (χ0n) is 11.3. The Kier molecular flexibility index (Phi) is 3.88. The topological polar surface area (TPSA) is 57.6 Å². The van der Waals surface area contributed by atoms with Crippen LogP contribution in [0.15, 0.2) is 18.2 Å². The van der Waals surface area contributed by atoms with Gasteiger partial charge >= 0.3 is 5.97 Å². The van der Waals surface area contributed by atoms with Gasteiger partial charge in [0, 0.05) is 19.2 Å². The third kappa shape index (κ3) is 2.78. The average Bonchev–Trinajstić information content (AvgIpc) is 2.37. The highest BCUT2D eigenvalue weighted by Gasteiger charge is 2.28. The molecule has 1 atom stereocenters. The van der Waals surface area contributed by atoms with Crippen molar-refractivity contribution in [3.8, 4) is 0 Å².